The first-order chi connectivity index (χ1) is 12.1. The van der Waals surface area contributed by atoms with Gasteiger partial charge in [-0.25, -0.2) is 0 Å². The molecular formula is C20H26N4O. The summed E-state index contributed by atoms with van der Waals surface area (Å²) in [4.78, 5) is 16.3. The van der Waals surface area contributed by atoms with Gasteiger partial charge >= 0.3 is 0 Å². The number of aryl methyl sites for hydroxylation is 1. The first-order valence-corrected chi connectivity index (χ1v) is 8.80. The number of hydrogen-bond acceptors (Lipinski definition) is 4. The lowest BCUT2D eigenvalue weighted by Gasteiger charge is -2.36. The van der Waals surface area contributed by atoms with Crippen molar-refractivity contribution in [2.24, 2.45) is 5.73 Å². The van der Waals surface area contributed by atoms with Crippen LogP contribution >= 0.6 is 0 Å². The summed E-state index contributed by atoms with van der Waals surface area (Å²) in [6.07, 6.45) is 0. The molecule has 0 unspecified atom stereocenters. The second kappa shape index (κ2) is 8.03. The molecule has 0 atom stereocenters. The fourth-order valence-electron chi connectivity index (χ4n) is 3.26. The number of rotatable bonds is 6. The van der Waals surface area contributed by atoms with Crippen LogP contribution in [0.25, 0.3) is 0 Å². The summed E-state index contributed by atoms with van der Waals surface area (Å²) in [6.45, 7) is 8.07. The number of carbonyl (C=O) groups excluding carboxylic acids is 1. The first-order valence-electron chi connectivity index (χ1n) is 8.80. The largest absolute Gasteiger partial charge is 0.383 e. The maximum Gasteiger partial charge on any atom is 0.250 e. The van der Waals surface area contributed by atoms with E-state index in [1.165, 1.54) is 11.3 Å². The van der Waals surface area contributed by atoms with E-state index in [1.54, 1.807) is 6.07 Å². The molecule has 1 fully saturated rings. The molecule has 1 aliphatic heterocycles. The van der Waals surface area contributed by atoms with Crippen LogP contribution in [0.1, 0.15) is 15.9 Å². The summed E-state index contributed by atoms with van der Waals surface area (Å²) < 4.78 is 0. The third-order valence-electron chi connectivity index (χ3n) is 4.68. The second-order valence-corrected chi connectivity index (χ2v) is 6.50. The van der Waals surface area contributed by atoms with E-state index in [-0.39, 0.29) is 0 Å². The number of anilines is 2. The van der Waals surface area contributed by atoms with E-state index in [0.717, 1.165) is 45.0 Å². The molecule has 0 aromatic heterocycles. The minimum absolute atomic E-state index is 0.394. The van der Waals surface area contributed by atoms with Gasteiger partial charge in [0.1, 0.15) is 0 Å². The maximum atomic E-state index is 11.4. The number of nitrogens with one attached hydrogen (secondary N) is 1. The summed E-state index contributed by atoms with van der Waals surface area (Å²) in [7, 11) is 0. The smallest absolute Gasteiger partial charge is 0.250 e. The van der Waals surface area contributed by atoms with Crippen LogP contribution in [0.5, 0.6) is 0 Å². The van der Waals surface area contributed by atoms with E-state index in [1.807, 2.05) is 18.2 Å². The predicted octanol–water partition coefficient (Wildman–Crippen LogP) is 2.33. The average molecular weight is 338 g/mol. The van der Waals surface area contributed by atoms with Gasteiger partial charge < -0.3 is 16.0 Å². The van der Waals surface area contributed by atoms with Crippen molar-refractivity contribution in [3.05, 3.63) is 59.7 Å². The Hall–Kier alpha value is -2.53. The molecule has 0 radical (unpaired) electrons. The number of benzene rings is 2. The van der Waals surface area contributed by atoms with Crippen molar-refractivity contribution < 1.29 is 4.79 Å². The molecule has 3 N–H and O–H groups in total. The Balaban J connectivity index is 1.46. The van der Waals surface area contributed by atoms with Gasteiger partial charge in [-0.2, -0.15) is 0 Å². The molecule has 1 aliphatic rings. The van der Waals surface area contributed by atoms with E-state index in [4.69, 9.17) is 5.73 Å². The summed E-state index contributed by atoms with van der Waals surface area (Å²) >= 11 is 0. The van der Waals surface area contributed by atoms with E-state index in [2.05, 4.69) is 46.3 Å². The molecule has 2 aromatic rings. The van der Waals surface area contributed by atoms with Gasteiger partial charge in [-0.3, -0.25) is 9.69 Å². The molecule has 0 saturated carbocycles. The van der Waals surface area contributed by atoms with Crippen molar-refractivity contribution in [2.75, 3.05) is 49.5 Å². The minimum Gasteiger partial charge on any atom is -0.383 e. The van der Waals surface area contributed by atoms with Crippen molar-refractivity contribution >= 4 is 17.3 Å². The maximum absolute atomic E-state index is 11.4. The highest BCUT2D eigenvalue weighted by Gasteiger charge is 2.17. The number of nitrogens with two attached hydrogens (primary N) is 1. The van der Waals surface area contributed by atoms with Crippen LogP contribution in [0.4, 0.5) is 11.4 Å². The fraction of sp³-hybridized carbons (Fsp3) is 0.350. The third kappa shape index (κ3) is 4.51. The molecule has 25 heavy (non-hydrogen) atoms. The van der Waals surface area contributed by atoms with Crippen molar-refractivity contribution in [3.8, 4) is 0 Å². The Morgan fingerprint density at radius 1 is 1.08 bits per heavy atom. The Morgan fingerprint density at radius 2 is 1.84 bits per heavy atom. The first kappa shape index (κ1) is 17.3. The van der Waals surface area contributed by atoms with Gasteiger partial charge in [0.2, 0.25) is 0 Å². The highest BCUT2D eigenvalue weighted by molar-refractivity contribution is 5.98. The van der Waals surface area contributed by atoms with E-state index >= 15 is 0 Å². The van der Waals surface area contributed by atoms with Gasteiger partial charge in [-0.15, -0.1) is 0 Å². The van der Waals surface area contributed by atoms with Crippen LogP contribution in [0, 0.1) is 6.92 Å². The lowest BCUT2D eigenvalue weighted by Crippen LogP contribution is -2.47. The Morgan fingerprint density at radius 3 is 2.56 bits per heavy atom. The normalized spacial score (nSPS) is 15.2. The van der Waals surface area contributed by atoms with Crippen molar-refractivity contribution in [3.63, 3.8) is 0 Å². The topological polar surface area (TPSA) is 61.6 Å². The number of primary amides is 1. The molecule has 1 saturated heterocycles. The van der Waals surface area contributed by atoms with Gasteiger partial charge in [0.15, 0.2) is 0 Å². The van der Waals surface area contributed by atoms with Crippen LogP contribution in [0.3, 0.4) is 0 Å². The van der Waals surface area contributed by atoms with Crippen molar-refractivity contribution in [1.29, 1.82) is 0 Å². The second-order valence-electron chi connectivity index (χ2n) is 6.50. The molecule has 0 aliphatic carbocycles. The average Bonchev–Trinajstić information content (AvgIpc) is 2.62. The monoisotopic (exact) mass is 338 g/mol. The summed E-state index contributed by atoms with van der Waals surface area (Å²) in [5, 5.41) is 3.34. The predicted molar refractivity (Wildman–Crippen MR) is 103 cm³/mol. The highest BCUT2D eigenvalue weighted by atomic mass is 16.1. The molecule has 132 valence electrons. The number of piperazine rings is 1. The van der Waals surface area contributed by atoms with Gasteiger partial charge in [0.05, 0.1) is 5.56 Å². The zero-order chi connectivity index (χ0) is 17.6. The lowest BCUT2D eigenvalue weighted by atomic mass is 10.1. The third-order valence-corrected chi connectivity index (χ3v) is 4.68. The molecule has 5 nitrogen and oxygen atoms in total. The van der Waals surface area contributed by atoms with E-state index < -0.39 is 5.91 Å². The van der Waals surface area contributed by atoms with Gasteiger partial charge in [-0.05, 0) is 36.8 Å². The zero-order valence-corrected chi connectivity index (χ0v) is 14.7. The standard InChI is InChI=1S/C20H26N4O/c1-16-5-4-6-17(15-16)24-13-11-23(12-14-24)10-9-22-19-8-3-2-7-18(19)20(21)25/h2-8,15,22H,9-14H2,1H3,(H2,21,25). The highest BCUT2D eigenvalue weighted by Crippen LogP contribution is 2.18. The van der Waals surface area contributed by atoms with Gasteiger partial charge in [0, 0.05) is 50.6 Å². The quantitative estimate of drug-likeness (QED) is 0.849. The lowest BCUT2D eigenvalue weighted by molar-refractivity contribution is 0.100. The molecule has 0 bridgehead atoms. The Kier molecular flexibility index (Phi) is 5.56. The Bertz CT molecular complexity index is 723. The molecule has 5 heteroatoms. The van der Waals surface area contributed by atoms with Crippen LogP contribution in [0.2, 0.25) is 0 Å². The van der Waals surface area contributed by atoms with Crippen molar-refractivity contribution in [2.45, 2.75) is 6.92 Å². The summed E-state index contributed by atoms with van der Waals surface area (Å²) in [5.41, 5.74) is 9.39. The van der Waals surface area contributed by atoms with Crippen LogP contribution in [0.15, 0.2) is 48.5 Å². The summed E-state index contributed by atoms with van der Waals surface area (Å²) in [5.74, 6) is -0.394. The van der Waals surface area contributed by atoms with Gasteiger partial charge in [-0.1, -0.05) is 24.3 Å². The van der Waals surface area contributed by atoms with Crippen molar-refractivity contribution in [1.82, 2.24) is 4.90 Å². The molecular weight excluding hydrogens is 312 g/mol. The Labute approximate surface area is 149 Å². The number of carbonyl (C=O) groups is 1. The van der Waals surface area contributed by atoms with Crippen LogP contribution < -0.4 is 16.0 Å². The number of nitrogens with zero attached hydrogens (tertiary/aromatic N) is 2. The van der Waals surface area contributed by atoms with Gasteiger partial charge in [0.25, 0.3) is 5.91 Å². The van der Waals surface area contributed by atoms with Crippen LogP contribution in [-0.2, 0) is 0 Å². The number of para-hydroxylation sites is 1. The molecule has 0 spiro atoms. The van der Waals surface area contributed by atoms with E-state index in [9.17, 15) is 4.79 Å². The molecule has 3 rings (SSSR count). The van der Waals surface area contributed by atoms with E-state index in [0.29, 0.717) is 5.56 Å². The number of hydrogen-bond donors (Lipinski definition) is 2. The number of amides is 1. The summed E-state index contributed by atoms with van der Waals surface area (Å²) in [6, 6.07) is 16.1. The van der Waals surface area contributed by atoms with Crippen LogP contribution in [-0.4, -0.2) is 50.1 Å². The molecule has 1 heterocycles. The molecule has 2 aromatic carbocycles. The minimum atomic E-state index is -0.394. The fourth-order valence-corrected chi connectivity index (χ4v) is 3.26. The SMILES string of the molecule is Cc1cccc(N2CCN(CCNc3ccccc3C(N)=O)CC2)c1. The zero-order valence-electron chi connectivity index (χ0n) is 14.7. The molecule has 1 amide bonds.